The van der Waals surface area contributed by atoms with Crippen LogP contribution in [0.5, 0.6) is 11.5 Å². The van der Waals surface area contributed by atoms with Gasteiger partial charge in [0.15, 0.2) is 0 Å². The number of rotatable bonds is 14. The summed E-state index contributed by atoms with van der Waals surface area (Å²) < 4.78 is 5.86. The number of nitrogens with two attached hydrogens (primary N) is 1. The maximum absolute atomic E-state index is 14.4. The second-order valence-electron chi connectivity index (χ2n) is 20.3. The van der Waals surface area contributed by atoms with Crippen molar-refractivity contribution in [2.24, 2.45) is 5.73 Å². The standard InChI is InChI=1S/C57H72N8O12/c1-4-5-6-28-77-44-24-20-39(21-25-44)37-14-12-36(13-15-37)38-16-18-40(19-17-38)51(70)60-45-8-7-27-59-54(73)47-29-41(58)31-64(47)56(75)49(33(2)66)63-53(72)46(26-11-35-9-22-42(68)23-10-35)61-55(74)48-30-43(69)32-65(48)57(76)50(34(3)67)62-52(45)71/h9-10,12-25,33-34,41,43,45-50,66-69H,4-8,11,26-32,58H2,1-3H3,(H,59,73)(H,60,70)(H,61,74)(H,62,71)(H,63,72)/t33-,34-,41+,43-,45?,46?,47?,48?,49?,50?/m1/s1. The van der Waals surface area contributed by atoms with Gasteiger partial charge < -0.3 is 67.3 Å². The molecule has 3 saturated heterocycles. The lowest BCUT2D eigenvalue weighted by Crippen LogP contribution is -2.61. The molecule has 0 aromatic heterocycles. The van der Waals surface area contributed by atoms with E-state index in [-0.39, 0.29) is 69.5 Å². The topological polar surface area (TPSA) is 302 Å². The monoisotopic (exact) mass is 1060 g/mol. The Morgan fingerprint density at radius 3 is 1.83 bits per heavy atom. The molecule has 4 aromatic carbocycles. The normalized spacial score (nSPS) is 24.8. The Kier molecular flexibility index (Phi) is 19.8. The number of fused-ring (bicyclic) bond motifs is 2. The Morgan fingerprint density at radius 1 is 0.701 bits per heavy atom. The molecule has 10 atom stereocenters. The number of nitrogens with zero attached hydrogens (tertiary/aromatic N) is 2. The van der Waals surface area contributed by atoms with Gasteiger partial charge in [0.2, 0.25) is 35.4 Å². The van der Waals surface area contributed by atoms with Crippen LogP contribution in [-0.2, 0) is 35.2 Å². The van der Waals surface area contributed by atoms with Crippen LogP contribution < -0.4 is 37.1 Å². The third-order valence-corrected chi connectivity index (χ3v) is 14.3. The molecular formula is C57H72N8O12. The number of carbonyl (C=O) groups excluding carboxylic acids is 7. The molecule has 0 bridgehead atoms. The average molecular weight is 1060 g/mol. The van der Waals surface area contributed by atoms with Crippen LogP contribution >= 0.6 is 0 Å². The van der Waals surface area contributed by atoms with Crippen molar-refractivity contribution in [3.05, 3.63) is 108 Å². The Bertz CT molecular complexity index is 2690. The van der Waals surface area contributed by atoms with Gasteiger partial charge in [0, 0.05) is 37.7 Å². The summed E-state index contributed by atoms with van der Waals surface area (Å²) in [7, 11) is 0. The first kappa shape index (κ1) is 57.3. The third kappa shape index (κ3) is 15.0. The predicted octanol–water partition coefficient (Wildman–Crippen LogP) is 2.04. The fourth-order valence-electron chi connectivity index (χ4n) is 9.92. The number of benzene rings is 4. The number of unbranched alkanes of at least 4 members (excludes halogenated alkanes) is 2. The third-order valence-electron chi connectivity index (χ3n) is 14.3. The number of nitrogens with one attached hydrogen (secondary N) is 5. The van der Waals surface area contributed by atoms with Gasteiger partial charge in [0.25, 0.3) is 5.91 Å². The van der Waals surface area contributed by atoms with E-state index in [1.165, 1.54) is 30.9 Å². The van der Waals surface area contributed by atoms with Crippen LogP contribution in [0.4, 0.5) is 0 Å². The molecule has 3 aliphatic heterocycles. The van der Waals surface area contributed by atoms with Gasteiger partial charge in [-0.25, -0.2) is 0 Å². The van der Waals surface area contributed by atoms with Crippen molar-refractivity contribution < 1.29 is 58.7 Å². The summed E-state index contributed by atoms with van der Waals surface area (Å²) >= 11 is 0. The van der Waals surface area contributed by atoms with Crippen molar-refractivity contribution in [3.8, 4) is 33.8 Å². The molecule has 3 heterocycles. The van der Waals surface area contributed by atoms with E-state index in [0.717, 1.165) is 52.2 Å². The van der Waals surface area contributed by atoms with Gasteiger partial charge in [-0.05, 0) is 117 Å². The van der Waals surface area contributed by atoms with Crippen molar-refractivity contribution >= 4 is 41.4 Å². The van der Waals surface area contributed by atoms with Crippen molar-refractivity contribution in [2.75, 3.05) is 26.2 Å². The molecule has 4 aromatic rings. The number of hydrogen-bond acceptors (Lipinski definition) is 13. The van der Waals surface area contributed by atoms with E-state index in [9.17, 15) is 54.0 Å². The van der Waals surface area contributed by atoms with Gasteiger partial charge in [0.05, 0.1) is 24.9 Å². The summed E-state index contributed by atoms with van der Waals surface area (Å²) in [5.74, 6) is -4.76. The van der Waals surface area contributed by atoms with Crippen LogP contribution in [0.25, 0.3) is 22.3 Å². The summed E-state index contributed by atoms with van der Waals surface area (Å²) in [5, 5.41) is 56.0. The summed E-state index contributed by atoms with van der Waals surface area (Å²) in [6.45, 7) is 4.87. The fourth-order valence-corrected chi connectivity index (χ4v) is 9.92. The minimum atomic E-state index is -1.68. The fraction of sp³-hybridized carbons (Fsp3) is 0.456. The Hall–Kier alpha value is -7.39. The zero-order chi connectivity index (χ0) is 55.3. The molecular weight excluding hydrogens is 989 g/mol. The predicted molar refractivity (Wildman–Crippen MR) is 286 cm³/mol. The summed E-state index contributed by atoms with van der Waals surface area (Å²) in [4.78, 5) is 101. The van der Waals surface area contributed by atoms with E-state index < -0.39 is 102 Å². The lowest BCUT2D eigenvalue weighted by Gasteiger charge is -2.32. The SMILES string of the molecule is CCCCCOc1ccc(-c2ccc(-c3ccc(C(=O)NC4CCCNC(=O)C5C[C@H](N)CN5C(=O)C([C@@H](C)O)NC(=O)C(CCc5ccc(O)cc5)NC(=O)C5C[C@@H](O)CN5C(=O)C([C@@H](C)O)NC4=O)cc3)cc2)cc1. The molecule has 6 unspecified atom stereocenters. The Morgan fingerprint density at radius 2 is 1.25 bits per heavy atom. The van der Waals surface area contributed by atoms with Crippen LogP contribution in [0.1, 0.15) is 88.1 Å². The molecule has 0 aliphatic carbocycles. The molecule has 77 heavy (non-hydrogen) atoms. The largest absolute Gasteiger partial charge is 0.508 e. The molecule has 3 aliphatic rings. The first-order valence-electron chi connectivity index (χ1n) is 26.5. The van der Waals surface area contributed by atoms with Crippen LogP contribution in [0.2, 0.25) is 0 Å². The molecule has 0 saturated carbocycles. The number of aliphatic hydroxyl groups is 3. The molecule has 7 amide bonds. The molecule has 20 heteroatoms. The number of carbonyl (C=O) groups is 7. The maximum atomic E-state index is 14.4. The van der Waals surface area contributed by atoms with Gasteiger partial charge in [-0.15, -0.1) is 0 Å². The highest BCUT2D eigenvalue weighted by molar-refractivity contribution is 6.00. The molecule has 7 rings (SSSR count). The minimum absolute atomic E-state index is 0.00318. The van der Waals surface area contributed by atoms with Gasteiger partial charge in [-0.2, -0.15) is 0 Å². The van der Waals surface area contributed by atoms with E-state index in [0.29, 0.717) is 12.2 Å². The smallest absolute Gasteiger partial charge is 0.251 e. The number of phenolic OH excluding ortho intramolecular Hbond substituents is 1. The lowest BCUT2D eigenvalue weighted by molar-refractivity contribution is -0.145. The molecule has 412 valence electrons. The maximum Gasteiger partial charge on any atom is 0.251 e. The van der Waals surface area contributed by atoms with Crippen LogP contribution in [0.15, 0.2) is 97.1 Å². The van der Waals surface area contributed by atoms with Gasteiger partial charge in [-0.1, -0.05) is 80.4 Å². The summed E-state index contributed by atoms with van der Waals surface area (Å²) in [6, 6.07) is 19.7. The van der Waals surface area contributed by atoms with E-state index in [2.05, 4.69) is 33.5 Å². The number of aryl methyl sites for hydroxylation is 1. The highest BCUT2D eigenvalue weighted by Crippen LogP contribution is 2.28. The first-order valence-corrected chi connectivity index (χ1v) is 26.5. The van der Waals surface area contributed by atoms with E-state index in [1.807, 2.05) is 48.5 Å². The second kappa shape index (κ2) is 26.6. The number of ether oxygens (including phenoxy) is 1. The lowest BCUT2D eigenvalue weighted by atomic mass is 9.99. The van der Waals surface area contributed by atoms with E-state index in [1.54, 1.807) is 36.4 Å². The molecule has 11 N–H and O–H groups in total. The zero-order valence-corrected chi connectivity index (χ0v) is 43.7. The minimum Gasteiger partial charge on any atom is -0.508 e. The number of hydrogen-bond donors (Lipinski definition) is 10. The van der Waals surface area contributed by atoms with Gasteiger partial charge in [0.1, 0.15) is 47.8 Å². The van der Waals surface area contributed by atoms with E-state index >= 15 is 0 Å². The van der Waals surface area contributed by atoms with Gasteiger partial charge >= 0.3 is 0 Å². The molecule has 20 nitrogen and oxygen atoms in total. The first-order chi connectivity index (χ1) is 36.9. The highest BCUT2D eigenvalue weighted by atomic mass is 16.5. The zero-order valence-electron chi connectivity index (χ0n) is 43.7. The quantitative estimate of drug-likeness (QED) is 0.0811. The number of aliphatic hydroxyl groups excluding tert-OH is 3. The van der Waals surface area contributed by atoms with Crippen molar-refractivity contribution in [1.29, 1.82) is 0 Å². The van der Waals surface area contributed by atoms with Crippen molar-refractivity contribution in [1.82, 2.24) is 36.4 Å². The van der Waals surface area contributed by atoms with Crippen LogP contribution in [-0.4, -0.2) is 158 Å². The summed E-state index contributed by atoms with van der Waals surface area (Å²) in [5.41, 5.74) is 10.9. The van der Waals surface area contributed by atoms with Gasteiger partial charge in [-0.3, -0.25) is 33.6 Å². The van der Waals surface area contributed by atoms with Crippen LogP contribution in [0.3, 0.4) is 0 Å². The number of phenols is 1. The molecule has 0 spiro atoms. The highest BCUT2D eigenvalue weighted by Gasteiger charge is 2.46. The molecule has 0 radical (unpaired) electrons. The molecule has 3 fully saturated rings. The Labute approximate surface area is 448 Å². The van der Waals surface area contributed by atoms with Crippen LogP contribution in [0, 0.1) is 0 Å². The number of amides is 7. The summed E-state index contributed by atoms with van der Waals surface area (Å²) in [6.07, 6.45) is -1.12. The Balaban J connectivity index is 1.11. The second-order valence-corrected chi connectivity index (χ2v) is 20.3. The number of aromatic hydroxyl groups is 1. The van der Waals surface area contributed by atoms with Crippen molar-refractivity contribution in [3.63, 3.8) is 0 Å². The average Bonchev–Trinajstić information content (AvgIpc) is 4.06. The van der Waals surface area contributed by atoms with E-state index in [4.69, 9.17) is 10.5 Å². The van der Waals surface area contributed by atoms with Crippen molar-refractivity contribution in [2.45, 2.75) is 139 Å².